The lowest BCUT2D eigenvalue weighted by molar-refractivity contribution is 0.442. The van der Waals surface area contributed by atoms with Crippen LogP contribution in [0.5, 0.6) is 0 Å². The fourth-order valence-electron chi connectivity index (χ4n) is 1.86. The Morgan fingerprint density at radius 1 is 1.31 bits per heavy atom. The molecule has 0 amide bonds. The molecule has 1 aromatic heterocycles. The van der Waals surface area contributed by atoms with E-state index >= 15 is 0 Å². The van der Waals surface area contributed by atoms with Crippen LogP contribution in [0.1, 0.15) is 52.3 Å². The third-order valence-electron chi connectivity index (χ3n) is 2.81. The summed E-state index contributed by atoms with van der Waals surface area (Å²) in [5.74, 6) is 1.05. The van der Waals surface area contributed by atoms with Crippen LogP contribution in [0.2, 0.25) is 0 Å². The Kier molecular flexibility index (Phi) is 6.08. The molecule has 92 valence electrons. The van der Waals surface area contributed by atoms with E-state index in [2.05, 4.69) is 36.2 Å². The molecule has 4 nitrogen and oxygen atoms in total. The van der Waals surface area contributed by atoms with Crippen molar-refractivity contribution in [1.29, 1.82) is 0 Å². The maximum atomic E-state index is 4.29. The van der Waals surface area contributed by atoms with Gasteiger partial charge in [0.15, 0.2) is 0 Å². The van der Waals surface area contributed by atoms with E-state index in [1.807, 2.05) is 4.68 Å². The van der Waals surface area contributed by atoms with E-state index in [1.54, 1.807) is 6.33 Å². The number of hydrogen-bond acceptors (Lipinski definition) is 3. The van der Waals surface area contributed by atoms with Gasteiger partial charge in [0.25, 0.3) is 0 Å². The van der Waals surface area contributed by atoms with Gasteiger partial charge in [0.1, 0.15) is 12.2 Å². The van der Waals surface area contributed by atoms with Crippen molar-refractivity contribution in [1.82, 2.24) is 20.1 Å². The predicted molar refractivity (Wildman–Crippen MR) is 66.1 cm³/mol. The molecule has 1 unspecified atom stereocenters. The average molecular weight is 224 g/mol. The van der Waals surface area contributed by atoms with Crippen LogP contribution in [-0.2, 0) is 13.1 Å². The number of nitrogens with one attached hydrogen (secondary N) is 1. The molecule has 1 aromatic rings. The van der Waals surface area contributed by atoms with Gasteiger partial charge in [0.2, 0.25) is 0 Å². The minimum Gasteiger partial charge on any atom is -0.307 e. The predicted octanol–water partition coefficient (Wildman–Crippen LogP) is 2.36. The molecule has 0 bridgehead atoms. The molecule has 4 heteroatoms. The molecule has 0 saturated carbocycles. The maximum Gasteiger partial charge on any atom is 0.140 e. The summed E-state index contributed by atoms with van der Waals surface area (Å²) in [5.41, 5.74) is 0. The normalized spacial score (nSPS) is 12.9. The Bertz CT molecular complexity index is 282. The van der Waals surface area contributed by atoms with Gasteiger partial charge >= 0.3 is 0 Å². The van der Waals surface area contributed by atoms with Crippen LogP contribution in [0, 0.1) is 0 Å². The van der Waals surface area contributed by atoms with Gasteiger partial charge in [-0.1, -0.05) is 27.2 Å². The van der Waals surface area contributed by atoms with E-state index < -0.39 is 0 Å². The molecule has 1 N–H and O–H groups in total. The lowest BCUT2D eigenvalue weighted by atomic mass is 10.1. The Hall–Kier alpha value is -0.900. The highest BCUT2D eigenvalue weighted by Crippen LogP contribution is 2.03. The van der Waals surface area contributed by atoms with Crippen LogP contribution in [0.4, 0.5) is 0 Å². The summed E-state index contributed by atoms with van der Waals surface area (Å²) >= 11 is 0. The van der Waals surface area contributed by atoms with Gasteiger partial charge in [-0.05, 0) is 19.3 Å². The molecule has 1 atom stereocenters. The zero-order valence-electron chi connectivity index (χ0n) is 10.7. The first-order chi connectivity index (χ1) is 7.81. The molecule has 0 aliphatic carbocycles. The van der Waals surface area contributed by atoms with Gasteiger partial charge in [-0.2, -0.15) is 5.10 Å². The van der Waals surface area contributed by atoms with Gasteiger partial charge in [0, 0.05) is 12.6 Å². The van der Waals surface area contributed by atoms with Gasteiger partial charge in [-0.25, -0.2) is 9.67 Å². The van der Waals surface area contributed by atoms with E-state index in [4.69, 9.17) is 0 Å². The first kappa shape index (κ1) is 13.2. The maximum absolute atomic E-state index is 4.29. The highest BCUT2D eigenvalue weighted by Gasteiger charge is 2.07. The Balaban J connectivity index is 2.43. The van der Waals surface area contributed by atoms with Crippen molar-refractivity contribution in [3.05, 3.63) is 12.2 Å². The van der Waals surface area contributed by atoms with Crippen molar-refractivity contribution in [2.45, 2.75) is 65.6 Å². The zero-order chi connectivity index (χ0) is 11.8. The van der Waals surface area contributed by atoms with Crippen LogP contribution in [0.15, 0.2) is 6.33 Å². The molecule has 0 aromatic carbocycles. The van der Waals surface area contributed by atoms with Crippen molar-refractivity contribution in [3.8, 4) is 0 Å². The summed E-state index contributed by atoms with van der Waals surface area (Å²) in [7, 11) is 0. The molecule has 1 heterocycles. The number of aromatic nitrogens is 3. The minimum absolute atomic E-state index is 0.608. The second-order valence-corrected chi connectivity index (χ2v) is 4.17. The summed E-state index contributed by atoms with van der Waals surface area (Å²) in [5, 5.41) is 7.77. The molecule has 0 radical (unpaired) electrons. The van der Waals surface area contributed by atoms with Gasteiger partial charge in [0.05, 0.1) is 6.54 Å². The van der Waals surface area contributed by atoms with Gasteiger partial charge in [-0.15, -0.1) is 0 Å². The number of nitrogens with zero attached hydrogens (tertiary/aromatic N) is 3. The topological polar surface area (TPSA) is 42.7 Å². The van der Waals surface area contributed by atoms with Gasteiger partial charge < -0.3 is 5.32 Å². The monoisotopic (exact) mass is 224 g/mol. The van der Waals surface area contributed by atoms with E-state index in [1.165, 1.54) is 19.3 Å². The van der Waals surface area contributed by atoms with Crippen LogP contribution in [0.25, 0.3) is 0 Å². The van der Waals surface area contributed by atoms with E-state index in [-0.39, 0.29) is 0 Å². The van der Waals surface area contributed by atoms with E-state index in [0.29, 0.717) is 6.04 Å². The molecule has 1 rings (SSSR count). The molecular formula is C12H24N4. The highest BCUT2D eigenvalue weighted by molar-refractivity contribution is 4.84. The van der Waals surface area contributed by atoms with Crippen LogP contribution < -0.4 is 5.32 Å². The van der Waals surface area contributed by atoms with Crippen LogP contribution >= 0.6 is 0 Å². The average Bonchev–Trinajstić information content (AvgIpc) is 2.72. The third kappa shape index (κ3) is 3.93. The first-order valence-electron chi connectivity index (χ1n) is 6.41. The largest absolute Gasteiger partial charge is 0.307 e. The van der Waals surface area contributed by atoms with Crippen molar-refractivity contribution in [3.63, 3.8) is 0 Å². The number of aryl methyl sites for hydroxylation is 1. The fourth-order valence-corrected chi connectivity index (χ4v) is 1.86. The Morgan fingerprint density at radius 2 is 2.12 bits per heavy atom. The number of rotatable bonds is 8. The van der Waals surface area contributed by atoms with Crippen LogP contribution in [0.3, 0.4) is 0 Å². The second kappa shape index (κ2) is 7.39. The molecule has 0 aliphatic rings. The minimum atomic E-state index is 0.608. The van der Waals surface area contributed by atoms with Crippen molar-refractivity contribution < 1.29 is 0 Å². The Morgan fingerprint density at radius 3 is 2.75 bits per heavy atom. The zero-order valence-corrected chi connectivity index (χ0v) is 10.7. The summed E-state index contributed by atoms with van der Waals surface area (Å²) < 4.78 is 1.99. The second-order valence-electron chi connectivity index (χ2n) is 4.17. The third-order valence-corrected chi connectivity index (χ3v) is 2.81. The highest BCUT2D eigenvalue weighted by atomic mass is 15.3. The van der Waals surface area contributed by atoms with Crippen LogP contribution in [-0.4, -0.2) is 20.8 Å². The Labute approximate surface area is 98.5 Å². The molecule has 16 heavy (non-hydrogen) atoms. The smallest absolute Gasteiger partial charge is 0.140 e. The molecular weight excluding hydrogens is 200 g/mol. The van der Waals surface area contributed by atoms with Crippen molar-refractivity contribution in [2.24, 2.45) is 0 Å². The quantitative estimate of drug-likeness (QED) is 0.737. The fraction of sp³-hybridized carbons (Fsp3) is 0.833. The first-order valence-corrected chi connectivity index (χ1v) is 6.41. The molecule has 0 fully saturated rings. The summed E-state index contributed by atoms with van der Waals surface area (Å²) in [4.78, 5) is 4.29. The molecule has 0 saturated heterocycles. The SMILES string of the molecule is CCCC(CC)NCc1ncnn1CCC. The standard InChI is InChI=1S/C12H24N4/c1-4-7-11(6-3)13-9-12-14-10-15-16(12)8-5-2/h10-11,13H,4-9H2,1-3H3. The van der Waals surface area contributed by atoms with E-state index in [0.717, 1.165) is 25.3 Å². The van der Waals surface area contributed by atoms with Crippen molar-refractivity contribution in [2.75, 3.05) is 0 Å². The number of hydrogen-bond donors (Lipinski definition) is 1. The summed E-state index contributed by atoms with van der Waals surface area (Å²) in [6.07, 6.45) is 6.39. The van der Waals surface area contributed by atoms with E-state index in [9.17, 15) is 0 Å². The molecule has 0 spiro atoms. The summed E-state index contributed by atoms with van der Waals surface area (Å²) in [6, 6.07) is 0.608. The summed E-state index contributed by atoms with van der Waals surface area (Å²) in [6.45, 7) is 8.40. The van der Waals surface area contributed by atoms with Gasteiger partial charge in [-0.3, -0.25) is 0 Å². The lowest BCUT2D eigenvalue weighted by Crippen LogP contribution is -2.29. The van der Waals surface area contributed by atoms with Crippen molar-refractivity contribution >= 4 is 0 Å². The molecule has 0 aliphatic heterocycles. The lowest BCUT2D eigenvalue weighted by Gasteiger charge is -2.15.